The number of esters is 1. The van der Waals surface area contributed by atoms with Gasteiger partial charge in [0.25, 0.3) is 5.91 Å². The fourth-order valence-corrected chi connectivity index (χ4v) is 3.19. The summed E-state index contributed by atoms with van der Waals surface area (Å²) in [6.07, 6.45) is 1.57. The molecule has 0 saturated carbocycles. The highest BCUT2D eigenvalue weighted by atomic mass is 16.5. The fraction of sp³-hybridized carbons (Fsp3) is 0.381. The molecule has 1 aliphatic heterocycles. The number of likely N-dealkylation sites (tertiary alicyclic amines) is 1. The SMILES string of the molecule is COc1ccc(C(=O)C(C)OC(=O)C2CCN(C(=O)c3ccco3)CC2)cc1. The number of methoxy groups -OCH3 is 1. The van der Waals surface area contributed by atoms with Crippen molar-refractivity contribution in [1.82, 2.24) is 4.90 Å². The van der Waals surface area contributed by atoms with Crippen molar-refractivity contribution in [1.29, 1.82) is 0 Å². The number of hydrogen-bond acceptors (Lipinski definition) is 6. The monoisotopic (exact) mass is 385 g/mol. The summed E-state index contributed by atoms with van der Waals surface area (Å²) < 4.78 is 15.6. The van der Waals surface area contributed by atoms with Crippen molar-refractivity contribution < 1.29 is 28.3 Å². The molecule has 7 nitrogen and oxygen atoms in total. The van der Waals surface area contributed by atoms with Crippen LogP contribution < -0.4 is 4.74 Å². The zero-order valence-corrected chi connectivity index (χ0v) is 15.9. The van der Waals surface area contributed by atoms with Gasteiger partial charge in [-0.1, -0.05) is 0 Å². The number of ketones is 1. The molecule has 148 valence electrons. The Kier molecular flexibility index (Phi) is 6.13. The molecule has 1 aliphatic rings. The number of ether oxygens (including phenoxy) is 2. The van der Waals surface area contributed by atoms with Crippen LogP contribution in [0.1, 0.15) is 40.7 Å². The van der Waals surface area contributed by atoms with E-state index in [9.17, 15) is 14.4 Å². The molecule has 0 aliphatic carbocycles. The Morgan fingerprint density at radius 1 is 1.11 bits per heavy atom. The Morgan fingerprint density at radius 3 is 2.36 bits per heavy atom. The minimum Gasteiger partial charge on any atom is -0.497 e. The van der Waals surface area contributed by atoms with E-state index < -0.39 is 12.1 Å². The Hall–Kier alpha value is -3.09. The molecule has 0 radical (unpaired) electrons. The lowest BCUT2D eigenvalue weighted by molar-refractivity contribution is -0.152. The fourth-order valence-electron chi connectivity index (χ4n) is 3.19. The second-order valence-electron chi connectivity index (χ2n) is 6.72. The van der Waals surface area contributed by atoms with Gasteiger partial charge in [-0.3, -0.25) is 14.4 Å². The number of benzene rings is 1. The zero-order chi connectivity index (χ0) is 20.1. The second kappa shape index (κ2) is 8.73. The maximum Gasteiger partial charge on any atom is 0.309 e. The van der Waals surface area contributed by atoms with E-state index in [2.05, 4.69) is 0 Å². The lowest BCUT2D eigenvalue weighted by Gasteiger charge is -2.30. The Morgan fingerprint density at radius 2 is 1.79 bits per heavy atom. The smallest absolute Gasteiger partial charge is 0.309 e. The van der Waals surface area contributed by atoms with Crippen LogP contribution in [-0.2, 0) is 9.53 Å². The predicted octanol–water partition coefficient (Wildman–Crippen LogP) is 2.96. The van der Waals surface area contributed by atoms with Crippen LogP contribution >= 0.6 is 0 Å². The van der Waals surface area contributed by atoms with Gasteiger partial charge < -0.3 is 18.8 Å². The molecular formula is C21H23NO6. The topological polar surface area (TPSA) is 86.0 Å². The molecular weight excluding hydrogens is 362 g/mol. The molecule has 1 saturated heterocycles. The minimum atomic E-state index is -0.872. The van der Waals surface area contributed by atoms with Crippen LogP contribution in [0.3, 0.4) is 0 Å². The highest BCUT2D eigenvalue weighted by Gasteiger charge is 2.31. The Balaban J connectivity index is 1.50. The molecule has 0 N–H and O–H groups in total. The number of piperidine rings is 1. The van der Waals surface area contributed by atoms with Crippen LogP contribution in [0, 0.1) is 5.92 Å². The molecule has 2 aromatic rings. The molecule has 1 atom stereocenters. The standard InChI is InChI=1S/C21H23NO6/c1-14(19(23)15-5-7-17(26-2)8-6-15)28-21(25)16-9-11-22(12-10-16)20(24)18-4-3-13-27-18/h3-8,13-14,16H,9-12H2,1-2H3. The third kappa shape index (κ3) is 4.42. The largest absolute Gasteiger partial charge is 0.497 e. The third-order valence-corrected chi connectivity index (χ3v) is 4.88. The van der Waals surface area contributed by atoms with Gasteiger partial charge >= 0.3 is 5.97 Å². The average Bonchev–Trinajstić information content (AvgIpc) is 3.27. The number of carbonyl (C=O) groups excluding carboxylic acids is 3. The summed E-state index contributed by atoms with van der Waals surface area (Å²) in [5, 5.41) is 0. The number of Topliss-reactive ketones (excluding diaryl/α,β-unsaturated/α-hetero) is 1. The molecule has 28 heavy (non-hydrogen) atoms. The summed E-state index contributed by atoms with van der Waals surface area (Å²) in [5.74, 6) is -0.232. The molecule has 0 spiro atoms. The maximum absolute atomic E-state index is 12.5. The van der Waals surface area contributed by atoms with Crippen molar-refractivity contribution in [3.05, 3.63) is 54.0 Å². The van der Waals surface area contributed by atoms with Crippen LogP contribution in [0.5, 0.6) is 5.75 Å². The van der Waals surface area contributed by atoms with E-state index >= 15 is 0 Å². The van der Waals surface area contributed by atoms with Gasteiger partial charge in [0, 0.05) is 18.7 Å². The lowest BCUT2D eigenvalue weighted by atomic mass is 9.96. The van der Waals surface area contributed by atoms with E-state index in [1.807, 2.05) is 0 Å². The minimum absolute atomic E-state index is 0.181. The number of nitrogens with zero attached hydrogens (tertiary/aromatic N) is 1. The second-order valence-corrected chi connectivity index (χ2v) is 6.72. The highest BCUT2D eigenvalue weighted by molar-refractivity contribution is 6.00. The molecule has 1 aromatic heterocycles. The first-order valence-corrected chi connectivity index (χ1v) is 9.21. The van der Waals surface area contributed by atoms with E-state index in [1.54, 1.807) is 55.3 Å². The highest BCUT2D eigenvalue weighted by Crippen LogP contribution is 2.22. The summed E-state index contributed by atoms with van der Waals surface area (Å²) in [7, 11) is 1.55. The number of furan rings is 1. The van der Waals surface area contributed by atoms with Gasteiger partial charge in [-0.15, -0.1) is 0 Å². The van der Waals surface area contributed by atoms with E-state index in [4.69, 9.17) is 13.9 Å². The van der Waals surface area contributed by atoms with E-state index in [1.165, 1.54) is 6.26 Å². The van der Waals surface area contributed by atoms with Crippen molar-refractivity contribution in [2.24, 2.45) is 5.92 Å². The first-order chi connectivity index (χ1) is 13.5. The van der Waals surface area contributed by atoms with Gasteiger partial charge in [0.2, 0.25) is 5.78 Å². The van der Waals surface area contributed by atoms with Crippen molar-refractivity contribution in [3.63, 3.8) is 0 Å². The molecule has 0 bridgehead atoms. The first kappa shape index (κ1) is 19.7. The van der Waals surface area contributed by atoms with Gasteiger partial charge in [0.05, 0.1) is 19.3 Å². The zero-order valence-electron chi connectivity index (χ0n) is 15.9. The Bertz CT molecular complexity index is 819. The van der Waals surface area contributed by atoms with E-state index in [0.29, 0.717) is 43.0 Å². The lowest BCUT2D eigenvalue weighted by Crippen LogP contribution is -2.41. The van der Waals surface area contributed by atoms with Crippen molar-refractivity contribution in [2.45, 2.75) is 25.9 Å². The van der Waals surface area contributed by atoms with Gasteiger partial charge in [-0.2, -0.15) is 0 Å². The van der Waals surface area contributed by atoms with Gasteiger partial charge in [-0.05, 0) is 56.2 Å². The van der Waals surface area contributed by atoms with Crippen molar-refractivity contribution in [3.8, 4) is 5.75 Å². The number of carbonyl (C=O) groups is 3. The normalized spacial score (nSPS) is 15.7. The summed E-state index contributed by atoms with van der Waals surface area (Å²) in [6, 6.07) is 9.95. The number of amides is 1. The summed E-state index contributed by atoms with van der Waals surface area (Å²) in [4.78, 5) is 38.8. The molecule has 3 rings (SSSR count). The number of rotatable bonds is 6. The quantitative estimate of drug-likeness (QED) is 0.561. The molecule has 1 aromatic carbocycles. The molecule has 1 fully saturated rings. The summed E-state index contributed by atoms with van der Waals surface area (Å²) in [5.41, 5.74) is 0.458. The Labute approximate surface area is 163 Å². The summed E-state index contributed by atoms with van der Waals surface area (Å²) in [6.45, 7) is 2.46. The van der Waals surface area contributed by atoms with E-state index in [0.717, 1.165) is 0 Å². The van der Waals surface area contributed by atoms with Crippen molar-refractivity contribution >= 4 is 17.7 Å². The molecule has 1 amide bonds. The third-order valence-electron chi connectivity index (χ3n) is 4.88. The average molecular weight is 385 g/mol. The molecule has 1 unspecified atom stereocenters. The van der Waals surface area contributed by atoms with Gasteiger partial charge in [0.1, 0.15) is 5.75 Å². The maximum atomic E-state index is 12.5. The first-order valence-electron chi connectivity index (χ1n) is 9.21. The van der Waals surface area contributed by atoms with Crippen LogP contribution in [0.4, 0.5) is 0 Å². The van der Waals surface area contributed by atoms with Gasteiger partial charge in [-0.25, -0.2) is 0 Å². The van der Waals surface area contributed by atoms with E-state index in [-0.39, 0.29) is 17.6 Å². The van der Waals surface area contributed by atoms with Crippen molar-refractivity contribution in [2.75, 3.05) is 20.2 Å². The van der Waals surface area contributed by atoms with Crippen LogP contribution in [-0.4, -0.2) is 48.9 Å². The molecule has 7 heteroatoms. The number of hydrogen-bond donors (Lipinski definition) is 0. The van der Waals surface area contributed by atoms with Crippen LogP contribution in [0.15, 0.2) is 47.1 Å². The molecule has 2 heterocycles. The summed E-state index contributed by atoms with van der Waals surface area (Å²) >= 11 is 0. The predicted molar refractivity (Wildman–Crippen MR) is 100 cm³/mol. The van der Waals surface area contributed by atoms with Crippen LogP contribution in [0.2, 0.25) is 0 Å². The van der Waals surface area contributed by atoms with Crippen LogP contribution in [0.25, 0.3) is 0 Å². The van der Waals surface area contributed by atoms with Gasteiger partial charge in [0.15, 0.2) is 11.9 Å².